The van der Waals surface area contributed by atoms with Crippen LogP contribution >= 0.6 is 23.2 Å². The Kier molecular flexibility index (Phi) is 6.23. The lowest BCUT2D eigenvalue weighted by Gasteiger charge is -2.10. The molecule has 0 atom stereocenters. The van der Waals surface area contributed by atoms with Crippen LogP contribution in [0.1, 0.15) is 46.0 Å². The zero-order valence-electron chi connectivity index (χ0n) is 13.1. The molecular formula is C18H17Cl2NO3. The molecule has 0 heterocycles. The Morgan fingerprint density at radius 2 is 1.79 bits per heavy atom. The monoisotopic (exact) mass is 365 g/mol. The molecule has 126 valence electrons. The molecule has 2 rings (SSSR count). The van der Waals surface area contributed by atoms with Crippen molar-refractivity contribution in [2.75, 3.05) is 0 Å². The Balaban J connectivity index is 2.14. The summed E-state index contributed by atoms with van der Waals surface area (Å²) >= 11 is 12.3. The second-order valence-electron chi connectivity index (χ2n) is 5.34. The number of phenols is 1. The molecule has 0 saturated carbocycles. The average Bonchev–Trinajstić information content (AvgIpc) is 2.52. The molecule has 2 aromatic rings. The normalized spacial score (nSPS) is 10.5. The number of hydrogen-bond acceptors (Lipinski definition) is 3. The fourth-order valence-electron chi connectivity index (χ4n) is 2.27. The molecule has 0 unspecified atom stereocenters. The molecule has 6 heteroatoms. The van der Waals surface area contributed by atoms with Crippen LogP contribution in [0.5, 0.6) is 5.75 Å². The maximum Gasteiger partial charge on any atom is 0.251 e. The number of rotatable bonds is 6. The Bertz CT molecular complexity index is 752. The number of nitrogens with one attached hydrogen (secondary N) is 1. The molecule has 0 aliphatic heterocycles. The van der Waals surface area contributed by atoms with E-state index >= 15 is 0 Å². The Hall–Kier alpha value is -2.04. The van der Waals surface area contributed by atoms with Gasteiger partial charge in [0.25, 0.3) is 5.91 Å². The molecule has 0 aliphatic rings. The van der Waals surface area contributed by atoms with Crippen molar-refractivity contribution in [3.63, 3.8) is 0 Å². The molecule has 4 nitrogen and oxygen atoms in total. The standard InChI is InChI=1S/C18H17Cl2NO3/c1-2-4-16(23)17-14(19)8-12(9-15(17)20)18(24)21-10-11-5-3-6-13(22)7-11/h3,5-9,22H,2,4,10H2,1H3,(H,21,24). The van der Waals surface area contributed by atoms with Crippen LogP contribution < -0.4 is 5.32 Å². The summed E-state index contributed by atoms with van der Waals surface area (Å²) < 4.78 is 0. The number of aromatic hydroxyl groups is 1. The smallest absolute Gasteiger partial charge is 0.251 e. The van der Waals surface area contributed by atoms with Crippen LogP contribution in [0, 0.1) is 0 Å². The molecular weight excluding hydrogens is 349 g/mol. The van der Waals surface area contributed by atoms with Gasteiger partial charge < -0.3 is 10.4 Å². The highest BCUT2D eigenvalue weighted by molar-refractivity contribution is 6.40. The molecule has 0 aromatic heterocycles. The third-order valence-electron chi connectivity index (χ3n) is 3.42. The van der Waals surface area contributed by atoms with E-state index in [-0.39, 0.29) is 45.2 Å². The molecule has 0 aliphatic carbocycles. The molecule has 0 spiro atoms. The number of phenolic OH excluding ortho intramolecular Hbond substituents is 1. The number of carbonyl (C=O) groups excluding carboxylic acids is 2. The minimum atomic E-state index is -0.364. The molecule has 0 fully saturated rings. The summed E-state index contributed by atoms with van der Waals surface area (Å²) in [6, 6.07) is 9.47. The van der Waals surface area contributed by atoms with Gasteiger partial charge in [-0.15, -0.1) is 0 Å². The van der Waals surface area contributed by atoms with Gasteiger partial charge in [0.2, 0.25) is 0 Å². The zero-order valence-corrected chi connectivity index (χ0v) is 14.6. The fourth-order valence-corrected chi connectivity index (χ4v) is 2.97. The predicted octanol–water partition coefficient (Wildman–Crippen LogP) is 4.61. The van der Waals surface area contributed by atoms with Crippen molar-refractivity contribution in [2.45, 2.75) is 26.3 Å². The minimum Gasteiger partial charge on any atom is -0.508 e. The van der Waals surface area contributed by atoms with E-state index < -0.39 is 0 Å². The molecule has 0 bridgehead atoms. The topological polar surface area (TPSA) is 66.4 Å². The lowest BCUT2D eigenvalue weighted by molar-refractivity contribution is 0.0947. The summed E-state index contributed by atoms with van der Waals surface area (Å²) in [4.78, 5) is 24.3. The highest BCUT2D eigenvalue weighted by Gasteiger charge is 2.17. The van der Waals surface area contributed by atoms with Crippen LogP contribution in [0.3, 0.4) is 0 Å². The van der Waals surface area contributed by atoms with Crippen LogP contribution in [-0.2, 0) is 6.54 Å². The van der Waals surface area contributed by atoms with Crippen LogP contribution in [0.2, 0.25) is 10.0 Å². The number of ketones is 1. The zero-order chi connectivity index (χ0) is 17.7. The van der Waals surface area contributed by atoms with Crippen molar-refractivity contribution < 1.29 is 14.7 Å². The van der Waals surface area contributed by atoms with E-state index in [1.165, 1.54) is 12.1 Å². The first-order valence-corrected chi connectivity index (χ1v) is 8.26. The first-order chi connectivity index (χ1) is 11.4. The number of Topliss-reactive ketones (excluding diaryl/α,β-unsaturated/α-hetero) is 1. The third-order valence-corrected chi connectivity index (χ3v) is 4.02. The first kappa shape index (κ1) is 18.3. The maximum atomic E-state index is 12.2. The lowest BCUT2D eigenvalue weighted by Crippen LogP contribution is -2.23. The van der Waals surface area contributed by atoms with Crippen LogP contribution in [0.4, 0.5) is 0 Å². The van der Waals surface area contributed by atoms with E-state index in [0.717, 1.165) is 5.56 Å². The SMILES string of the molecule is CCCC(=O)c1c(Cl)cc(C(=O)NCc2cccc(O)c2)cc1Cl. The first-order valence-electron chi connectivity index (χ1n) is 7.50. The fraction of sp³-hybridized carbons (Fsp3) is 0.222. The third kappa shape index (κ3) is 4.49. The van der Waals surface area contributed by atoms with Crippen LogP contribution in [-0.4, -0.2) is 16.8 Å². The number of hydrogen-bond donors (Lipinski definition) is 2. The highest BCUT2D eigenvalue weighted by Crippen LogP contribution is 2.28. The van der Waals surface area contributed by atoms with Crippen molar-refractivity contribution in [1.29, 1.82) is 0 Å². The molecule has 24 heavy (non-hydrogen) atoms. The van der Waals surface area contributed by atoms with Gasteiger partial charge in [0, 0.05) is 18.5 Å². The number of benzene rings is 2. The van der Waals surface area contributed by atoms with E-state index in [4.69, 9.17) is 23.2 Å². The summed E-state index contributed by atoms with van der Waals surface area (Å²) in [5, 5.41) is 12.5. The van der Waals surface area contributed by atoms with Gasteiger partial charge in [-0.3, -0.25) is 9.59 Å². The molecule has 1 amide bonds. The van der Waals surface area contributed by atoms with Gasteiger partial charge in [0.1, 0.15) is 5.75 Å². The molecule has 2 aromatic carbocycles. The van der Waals surface area contributed by atoms with Gasteiger partial charge in [0.15, 0.2) is 5.78 Å². The largest absolute Gasteiger partial charge is 0.508 e. The molecule has 2 N–H and O–H groups in total. The van der Waals surface area contributed by atoms with E-state index in [9.17, 15) is 14.7 Å². The molecule has 0 radical (unpaired) electrons. The number of amides is 1. The second kappa shape index (κ2) is 8.18. The van der Waals surface area contributed by atoms with Crippen molar-refractivity contribution in [1.82, 2.24) is 5.32 Å². The summed E-state index contributed by atoms with van der Waals surface area (Å²) in [6.45, 7) is 2.14. The van der Waals surface area contributed by atoms with Gasteiger partial charge in [-0.2, -0.15) is 0 Å². The number of carbonyl (C=O) groups is 2. The summed E-state index contributed by atoms with van der Waals surface area (Å²) in [6.07, 6.45) is 1.04. The lowest BCUT2D eigenvalue weighted by atomic mass is 10.0. The van der Waals surface area contributed by atoms with E-state index in [2.05, 4.69) is 5.32 Å². The Morgan fingerprint density at radius 1 is 1.12 bits per heavy atom. The quantitative estimate of drug-likeness (QED) is 0.734. The van der Waals surface area contributed by atoms with Crippen molar-refractivity contribution in [2.24, 2.45) is 0 Å². The van der Waals surface area contributed by atoms with Crippen LogP contribution in [0.25, 0.3) is 0 Å². The van der Waals surface area contributed by atoms with Crippen molar-refractivity contribution in [3.8, 4) is 5.75 Å². The van der Waals surface area contributed by atoms with Crippen molar-refractivity contribution in [3.05, 3.63) is 63.1 Å². The van der Waals surface area contributed by atoms with E-state index in [1.54, 1.807) is 24.3 Å². The van der Waals surface area contributed by atoms with Gasteiger partial charge in [0.05, 0.1) is 15.6 Å². The predicted molar refractivity (Wildman–Crippen MR) is 95.0 cm³/mol. The van der Waals surface area contributed by atoms with Gasteiger partial charge >= 0.3 is 0 Å². The molecule has 0 saturated heterocycles. The summed E-state index contributed by atoms with van der Waals surface area (Å²) in [7, 11) is 0. The highest BCUT2D eigenvalue weighted by atomic mass is 35.5. The minimum absolute atomic E-state index is 0.131. The van der Waals surface area contributed by atoms with E-state index in [0.29, 0.717) is 12.8 Å². The van der Waals surface area contributed by atoms with Gasteiger partial charge in [-0.05, 0) is 36.2 Å². The van der Waals surface area contributed by atoms with Crippen LogP contribution in [0.15, 0.2) is 36.4 Å². The number of halogens is 2. The van der Waals surface area contributed by atoms with Gasteiger partial charge in [-0.1, -0.05) is 42.3 Å². The Morgan fingerprint density at radius 3 is 2.38 bits per heavy atom. The van der Waals surface area contributed by atoms with Gasteiger partial charge in [-0.25, -0.2) is 0 Å². The summed E-state index contributed by atoms with van der Waals surface area (Å²) in [5.74, 6) is -0.373. The van der Waals surface area contributed by atoms with Crippen molar-refractivity contribution >= 4 is 34.9 Å². The van der Waals surface area contributed by atoms with E-state index in [1.807, 2.05) is 6.92 Å². The maximum absolute atomic E-state index is 12.2. The average molecular weight is 366 g/mol. The Labute approximate surface area is 150 Å². The second-order valence-corrected chi connectivity index (χ2v) is 6.16. The summed E-state index contributed by atoms with van der Waals surface area (Å²) in [5.41, 5.74) is 1.29.